The summed E-state index contributed by atoms with van der Waals surface area (Å²) in [7, 11) is 1.55. The molecule has 2 aromatic carbocycles. The van der Waals surface area contributed by atoms with Crippen molar-refractivity contribution in [2.75, 3.05) is 32.3 Å². The molecule has 188 valence electrons. The number of ether oxygens (including phenoxy) is 2. The summed E-state index contributed by atoms with van der Waals surface area (Å²) in [5, 5.41) is 14.6. The van der Waals surface area contributed by atoms with Gasteiger partial charge in [0.05, 0.1) is 0 Å². The second kappa shape index (κ2) is 13.2. The predicted octanol–water partition coefficient (Wildman–Crippen LogP) is 3.64. The molecule has 0 aliphatic heterocycles. The summed E-state index contributed by atoms with van der Waals surface area (Å²) in [4.78, 5) is 37.1. The van der Waals surface area contributed by atoms with Gasteiger partial charge in [-0.25, -0.2) is 9.59 Å². The third-order valence-electron chi connectivity index (χ3n) is 6.02. The number of aliphatic carboxylic acids is 1. The minimum Gasteiger partial charge on any atom is -0.480 e. The van der Waals surface area contributed by atoms with Crippen LogP contribution in [0, 0.1) is 0 Å². The fourth-order valence-electron chi connectivity index (χ4n) is 4.25. The SMILES string of the molecule is COCCCC(NC(=O)OCC1c2ccccc2-c2ccccc21)C(=O)N[C@H](CCSC)C(=O)O. The van der Waals surface area contributed by atoms with E-state index in [4.69, 9.17) is 9.47 Å². The van der Waals surface area contributed by atoms with Crippen molar-refractivity contribution in [3.8, 4) is 11.1 Å². The van der Waals surface area contributed by atoms with Crippen LogP contribution >= 0.6 is 11.8 Å². The topological polar surface area (TPSA) is 114 Å². The fourth-order valence-corrected chi connectivity index (χ4v) is 4.72. The van der Waals surface area contributed by atoms with Crippen LogP contribution in [-0.2, 0) is 19.1 Å². The van der Waals surface area contributed by atoms with Gasteiger partial charge in [-0.2, -0.15) is 11.8 Å². The van der Waals surface area contributed by atoms with Crippen molar-refractivity contribution in [2.24, 2.45) is 0 Å². The Labute approximate surface area is 209 Å². The molecular formula is C26H32N2O6S. The van der Waals surface area contributed by atoms with E-state index in [-0.39, 0.29) is 18.9 Å². The summed E-state index contributed by atoms with van der Waals surface area (Å²) < 4.78 is 10.6. The van der Waals surface area contributed by atoms with Crippen molar-refractivity contribution in [2.45, 2.75) is 37.3 Å². The van der Waals surface area contributed by atoms with Crippen LogP contribution in [0.3, 0.4) is 0 Å². The number of fused-ring (bicyclic) bond motifs is 3. The molecule has 2 atom stereocenters. The Morgan fingerprint density at radius 3 is 2.17 bits per heavy atom. The molecule has 2 aromatic rings. The zero-order chi connectivity index (χ0) is 25.2. The molecule has 0 saturated heterocycles. The van der Waals surface area contributed by atoms with Gasteiger partial charge in [0, 0.05) is 19.6 Å². The van der Waals surface area contributed by atoms with E-state index < -0.39 is 30.1 Å². The number of carboxylic acids is 1. The average Bonchev–Trinajstić information content (AvgIpc) is 3.18. The first kappa shape index (κ1) is 26.6. The smallest absolute Gasteiger partial charge is 0.407 e. The first-order chi connectivity index (χ1) is 17.0. The molecule has 1 aliphatic carbocycles. The van der Waals surface area contributed by atoms with Gasteiger partial charge in [0.25, 0.3) is 0 Å². The van der Waals surface area contributed by atoms with Crippen LogP contribution in [0.5, 0.6) is 0 Å². The van der Waals surface area contributed by atoms with Gasteiger partial charge in [-0.15, -0.1) is 0 Å². The van der Waals surface area contributed by atoms with Crippen LogP contribution < -0.4 is 10.6 Å². The van der Waals surface area contributed by atoms with Crippen molar-refractivity contribution < 1.29 is 29.0 Å². The van der Waals surface area contributed by atoms with Crippen LogP contribution in [0.4, 0.5) is 4.79 Å². The van der Waals surface area contributed by atoms with Crippen LogP contribution in [0.1, 0.15) is 36.3 Å². The zero-order valence-electron chi connectivity index (χ0n) is 20.0. The number of benzene rings is 2. The highest BCUT2D eigenvalue weighted by Crippen LogP contribution is 2.44. The van der Waals surface area contributed by atoms with Crippen LogP contribution in [0.2, 0.25) is 0 Å². The molecule has 9 heteroatoms. The number of carbonyl (C=O) groups is 3. The van der Waals surface area contributed by atoms with Gasteiger partial charge >= 0.3 is 12.1 Å². The maximum absolute atomic E-state index is 12.8. The van der Waals surface area contributed by atoms with Gasteiger partial charge in [0.1, 0.15) is 18.7 Å². The molecule has 0 bridgehead atoms. The first-order valence-electron chi connectivity index (χ1n) is 11.6. The molecule has 0 spiro atoms. The van der Waals surface area contributed by atoms with Crippen molar-refractivity contribution in [1.82, 2.24) is 10.6 Å². The highest BCUT2D eigenvalue weighted by molar-refractivity contribution is 7.98. The molecule has 0 radical (unpaired) electrons. The number of alkyl carbamates (subject to hydrolysis) is 1. The molecule has 0 saturated carbocycles. The van der Waals surface area contributed by atoms with Crippen molar-refractivity contribution in [3.05, 3.63) is 59.7 Å². The normalized spacial score (nSPS) is 13.9. The van der Waals surface area contributed by atoms with Gasteiger partial charge in [-0.1, -0.05) is 48.5 Å². The van der Waals surface area contributed by atoms with Gasteiger partial charge < -0.3 is 25.2 Å². The Kier molecular flexibility index (Phi) is 9.98. The number of thioether (sulfide) groups is 1. The molecule has 0 fully saturated rings. The van der Waals surface area contributed by atoms with Crippen molar-refractivity contribution in [1.29, 1.82) is 0 Å². The van der Waals surface area contributed by atoms with E-state index in [2.05, 4.69) is 22.8 Å². The quantitative estimate of drug-likeness (QED) is 0.360. The highest BCUT2D eigenvalue weighted by atomic mass is 32.2. The van der Waals surface area contributed by atoms with Gasteiger partial charge in [-0.3, -0.25) is 4.79 Å². The maximum atomic E-state index is 12.8. The van der Waals surface area contributed by atoms with E-state index in [1.165, 1.54) is 11.8 Å². The lowest BCUT2D eigenvalue weighted by Crippen LogP contribution is -2.52. The number of hydrogen-bond donors (Lipinski definition) is 3. The lowest BCUT2D eigenvalue weighted by atomic mass is 9.98. The summed E-state index contributed by atoms with van der Waals surface area (Å²) in [6.07, 6.45) is 2.24. The van der Waals surface area contributed by atoms with Crippen molar-refractivity contribution >= 4 is 29.7 Å². The largest absolute Gasteiger partial charge is 0.480 e. The Balaban J connectivity index is 1.64. The summed E-state index contributed by atoms with van der Waals surface area (Å²) in [5.41, 5.74) is 4.43. The number of rotatable bonds is 13. The van der Waals surface area contributed by atoms with Gasteiger partial charge in [0.2, 0.25) is 5.91 Å². The number of nitrogens with one attached hydrogen (secondary N) is 2. The van der Waals surface area contributed by atoms with E-state index in [0.29, 0.717) is 25.2 Å². The summed E-state index contributed by atoms with van der Waals surface area (Å²) in [5.74, 6) is -1.17. The molecule has 1 aliphatic rings. The Morgan fingerprint density at radius 1 is 0.971 bits per heavy atom. The number of hydrogen-bond acceptors (Lipinski definition) is 6. The molecule has 8 nitrogen and oxygen atoms in total. The lowest BCUT2D eigenvalue weighted by molar-refractivity contribution is -0.142. The van der Waals surface area contributed by atoms with Crippen LogP contribution in [-0.4, -0.2) is 67.5 Å². The zero-order valence-corrected chi connectivity index (χ0v) is 20.8. The number of carboxylic acid groups (broad SMARTS) is 1. The molecule has 35 heavy (non-hydrogen) atoms. The first-order valence-corrected chi connectivity index (χ1v) is 13.0. The second-order valence-corrected chi connectivity index (χ2v) is 9.32. The van der Waals surface area contributed by atoms with E-state index in [0.717, 1.165) is 22.3 Å². The van der Waals surface area contributed by atoms with E-state index in [9.17, 15) is 19.5 Å². The average molecular weight is 501 g/mol. The predicted molar refractivity (Wildman–Crippen MR) is 136 cm³/mol. The molecule has 0 heterocycles. The Hall–Kier alpha value is -3.04. The van der Waals surface area contributed by atoms with Gasteiger partial charge in [-0.05, 0) is 53.5 Å². The standard InChI is InChI=1S/C26H32N2O6S/c1-33-14-7-12-22(24(29)27-23(25(30)31)13-15-35-2)28-26(32)34-16-21-19-10-5-3-8-17(19)18-9-4-6-11-20(18)21/h3-6,8-11,21-23H,7,12-16H2,1-2H3,(H,27,29)(H,28,32)(H,30,31)/t22?,23-/m1/s1. The second-order valence-electron chi connectivity index (χ2n) is 8.34. The third-order valence-corrected chi connectivity index (χ3v) is 6.66. The Morgan fingerprint density at radius 2 is 1.60 bits per heavy atom. The number of methoxy groups -OCH3 is 1. The maximum Gasteiger partial charge on any atom is 0.407 e. The molecule has 2 amide bonds. The van der Waals surface area contributed by atoms with Crippen LogP contribution in [0.15, 0.2) is 48.5 Å². The minimum atomic E-state index is -1.11. The monoisotopic (exact) mass is 500 g/mol. The van der Waals surface area contributed by atoms with Crippen LogP contribution in [0.25, 0.3) is 11.1 Å². The fraction of sp³-hybridized carbons (Fsp3) is 0.423. The number of carbonyl (C=O) groups excluding carboxylic acids is 2. The lowest BCUT2D eigenvalue weighted by Gasteiger charge is -2.22. The number of amides is 2. The highest BCUT2D eigenvalue weighted by Gasteiger charge is 2.30. The van der Waals surface area contributed by atoms with E-state index >= 15 is 0 Å². The molecule has 1 unspecified atom stereocenters. The van der Waals surface area contributed by atoms with E-state index in [1.54, 1.807) is 7.11 Å². The minimum absolute atomic E-state index is 0.100. The molecular weight excluding hydrogens is 468 g/mol. The summed E-state index contributed by atoms with van der Waals surface area (Å²) in [6, 6.07) is 14.1. The van der Waals surface area contributed by atoms with Gasteiger partial charge in [0.15, 0.2) is 0 Å². The Bertz CT molecular complexity index is 985. The molecule has 3 N–H and O–H groups in total. The van der Waals surface area contributed by atoms with Crippen molar-refractivity contribution in [3.63, 3.8) is 0 Å². The van der Waals surface area contributed by atoms with E-state index in [1.807, 2.05) is 42.7 Å². The third kappa shape index (κ3) is 6.99. The summed E-state index contributed by atoms with van der Waals surface area (Å²) >= 11 is 1.50. The molecule has 0 aromatic heterocycles. The molecule has 3 rings (SSSR count). The summed E-state index contributed by atoms with van der Waals surface area (Å²) in [6.45, 7) is 0.530.